The summed E-state index contributed by atoms with van der Waals surface area (Å²) in [6, 6.07) is 2.96. The molecule has 20 heavy (non-hydrogen) atoms. The fourth-order valence-corrected chi connectivity index (χ4v) is 1.48. The van der Waals surface area contributed by atoms with Crippen molar-refractivity contribution in [2.24, 2.45) is 11.5 Å². The Kier molecular flexibility index (Phi) is 5.09. The Labute approximate surface area is 113 Å². The highest BCUT2D eigenvalue weighted by Crippen LogP contribution is 2.30. The van der Waals surface area contributed by atoms with Crippen LogP contribution in [-0.2, 0) is 15.8 Å². The zero-order valence-corrected chi connectivity index (χ0v) is 10.4. The molecule has 5 nitrogen and oxygen atoms in total. The van der Waals surface area contributed by atoms with E-state index in [0.717, 1.165) is 12.1 Å². The van der Waals surface area contributed by atoms with E-state index in [-0.39, 0.29) is 18.5 Å². The van der Waals surface area contributed by atoms with Gasteiger partial charge in [-0.25, -0.2) is 0 Å². The van der Waals surface area contributed by atoms with Crippen molar-refractivity contribution in [1.82, 2.24) is 5.32 Å². The fourth-order valence-electron chi connectivity index (χ4n) is 1.48. The predicted octanol–water partition coefficient (Wildman–Crippen LogP) is 0.697. The van der Waals surface area contributed by atoms with Crippen molar-refractivity contribution in [2.75, 3.05) is 6.54 Å². The third kappa shape index (κ3) is 4.54. The van der Waals surface area contributed by atoms with Gasteiger partial charge < -0.3 is 16.8 Å². The molecule has 0 heterocycles. The van der Waals surface area contributed by atoms with Crippen LogP contribution in [0.1, 0.15) is 23.6 Å². The minimum Gasteiger partial charge on any atom is -0.370 e. The van der Waals surface area contributed by atoms with Gasteiger partial charge in [-0.05, 0) is 17.7 Å². The molecule has 110 valence electrons. The van der Waals surface area contributed by atoms with Crippen LogP contribution in [0, 0.1) is 0 Å². The summed E-state index contributed by atoms with van der Waals surface area (Å²) in [6.07, 6.45) is -4.57. The molecule has 0 fully saturated rings. The van der Waals surface area contributed by atoms with Crippen molar-refractivity contribution in [3.05, 3.63) is 35.4 Å². The zero-order valence-electron chi connectivity index (χ0n) is 10.4. The molecule has 0 aromatic heterocycles. The molecule has 2 amide bonds. The lowest BCUT2D eigenvalue weighted by molar-refractivity contribution is -0.137. The predicted molar refractivity (Wildman–Crippen MR) is 65.2 cm³/mol. The molecule has 0 aliphatic rings. The molecule has 5 N–H and O–H groups in total. The minimum atomic E-state index is -4.50. The number of hydrogen-bond acceptors (Lipinski definition) is 3. The number of carbonyl (C=O) groups is 2. The van der Waals surface area contributed by atoms with Gasteiger partial charge in [0.1, 0.15) is 6.04 Å². The molecular weight excluding hydrogens is 275 g/mol. The lowest BCUT2D eigenvalue weighted by Gasteiger charge is -2.14. The summed E-state index contributed by atoms with van der Waals surface area (Å²) in [5.74, 6) is -1.27. The number of nitrogens with two attached hydrogens (primary N) is 2. The summed E-state index contributed by atoms with van der Waals surface area (Å²) in [4.78, 5) is 22.1. The molecule has 1 rings (SSSR count). The SMILES string of the molecule is NC(=O)CCNC(=O)C(N)c1cccc(C(F)(F)F)c1. The first-order chi connectivity index (χ1) is 9.21. The van der Waals surface area contributed by atoms with Crippen LogP contribution in [0.5, 0.6) is 0 Å². The van der Waals surface area contributed by atoms with Gasteiger partial charge in [0.05, 0.1) is 5.56 Å². The Morgan fingerprint density at radius 2 is 1.95 bits per heavy atom. The maximum atomic E-state index is 12.5. The van der Waals surface area contributed by atoms with Gasteiger partial charge in [0.15, 0.2) is 0 Å². The van der Waals surface area contributed by atoms with Gasteiger partial charge in [-0.1, -0.05) is 12.1 Å². The van der Waals surface area contributed by atoms with E-state index in [1.807, 2.05) is 0 Å². The number of halogens is 3. The normalized spacial score (nSPS) is 12.8. The largest absolute Gasteiger partial charge is 0.416 e. The van der Waals surface area contributed by atoms with Crippen molar-refractivity contribution in [3.8, 4) is 0 Å². The van der Waals surface area contributed by atoms with E-state index in [2.05, 4.69) is 5.32 Å². The van der Waals surface area contributed by atoms with E-state index in [9.17, 15) is 22.8 Å². The molecule has 0 aliphatic heterocycles. The second-order valence-corrected chi connectivity index (χ2v) is 4.11. The number of alkyl halides is 3. The van der Waals surface area contributed by atoms with Crippen LogP contribution in [0.3, 0.4) is 0 Å². The molecule has 0 radical (unpaired) electrons. The Hall–Kier alpha value is -2.09. The van der Waals surface area contributed by atoms with Crippen LogP contribution >= 0.6 is 0 Å². The molecule has 0 aliphatic carbocycles. The smallest absolute Gasteiger partial charge is 0.370 e. The summed E-state index contributed by atoms with van der Waals surface area (Å²) in [6.45, 7) is -0.0131. The van der Waals surface area contributed by atoms with Gasteiger partial charge in [0.25, 0.3) is 0 Å². The Balaban J connectivity index is 2.74. The second kappa shape index (κ2) is 6.38. The van der Waals surface area contributed by atoms with Crippen LogP contribution in [0.15, 0.2) is 24.3 Å². The van der Waals surface area contributed by atoms with E-state index < -0.39 is 29.6 Å². The molecular formula is C12H14F3N3O2. The van der Waals surface area contributed by atoms with Crippen molar-refractivity contribution in [1.29, 1.82) is 0 Å². The van der Waals surface area contributed by atoms with Crippen LogP contribution in [-0.4, -0.2) is 18.4 Å². The summed E-state index contributed by atoms with van der Waals surface area (Å²) in [5.41, 5.74) is 9.62. The van der Waals surface area contributed by atoms with Crippen LogP contribution in [0.4, 0.5) is 13.2 Å². The van der Waals surface area contributed by atoms with E-state index >= 15 is 0 Å². The Bertz CT molecular complexity index is 503. The molecule has 1 atom stereocenters. The molecule has 1 aromatic carbocycles. The van der Waals surface area contributed by atoms with Crippen molar-refractivity contribution in [2.45, 2.75) is 18.6 Å². The molecule has 8 heteroatoms. The second-order valence-electron chi connectivity index (χ2n) is 4.11. The highest BCUT2D eigenvalue weighted by atomic mass is 19.4. The first-order valence-electron chi connectivity index (χ1n) is 5.70. The van der Waals surface area contributed by atoms with Gasteiger partial charge >= 0.3 is 6.18 Å². The standard InChI is InChI=1S/C12H14F3N3O2/c13-12(14,15)8-3-1-2-7(6-8)10(17)11(20)18-5-4-9(16)19/h1-3,6,10H,4-5,17H2,(H2,16,19)(H,18,20). The topological polar surface area (TPSA) is 98.2 Å². The van der Waals surface area contributed by atoms with Gasteiger partial charge in [-0.15, -0.1) is 0 Å². The first kappa shape index (κ1) is 16.0. The number of hydrogen-bond donors (Lipinski definition) is 3. The van der Waals surface area contributed by atoms with Gasteiger partial charge in [-0.3, -0.25) is 9.59 Å². The number of carbonyl (C=O) groups excluding carboxylic acids is 2. The summed E-state index contributed by atoms with van der Waals surface area (Å²) >= 11 is 0. The number of amides is 2. The third-order valence-electron chi connectivity index (χ3n) is 2.53. The van der Waals surface area contributed by atoms with Crippen LogP contribution < -0.4 is 16.8 Å². The molecule has 1 unspecified atom stereocenters. The Morgan fingerprint density at radius 3 is 2.50 bits per heavy atom. The average molecular weight is 289 g/mol. The lowest BCUT2D eigenvalue weighted by atomic mass is 10.0. The van der Waals surface area contributed by atoms with Crippen molar-refractivity contribution >= 4 is 11.8 Å². The molecule has 1 aromatic rings. The summed E-state index contributed by atoms with van der Waals surface area (Å²) in [5, 5.41) is 2.32. The molecule has 0 spiro atoms. The van der Waals surface area contributed by atoms with E-state index in [4.69, 9.17) is 11.5 Å². The molecule has 0 saturated carbocycles. The van der Waals surface area contributed by atoms with Crippen LogP contribution in [0.25, 0.3) is 0 Å². The van der Waals surface area contributed by atoms with Gasteiger partial charge in [0.2, 0.25) is 11.8 Å². The maximum absolute atomic E-state index is 12.5. The van der Waals surface area contributed by atoms with E-state index in [1.165, 1.54) is 12.1 Å². The van der Waals surface area contributed by atoms with Crippen molar-refractivity contribution in [3.63, 3.8) is 0 Å². The monoisotopic (exact) mass is 289 g/mol. The fraction of sp³-hybridized carbons (Fsp3) is 0.333. The lowest BCUT2D eigenvalue weighted by Crippen LogP contribution is -2.36. The Morgan fingerprint density at radius 1 is 1.30 bits per heavy atom. The van der Waals surface area contributed by atoms with E-state index in [0.29, 0.717) is 0 Å². The number of nitrogens with one attached hydrogen (secondary N) is 1. The highest BCUT2D eigenvalue weighted by Gasteiger charge is 2.31. The summed E-state index contributed by atoms with van der Waals surface area (Å²) in [7, 11) is 0. The average Bonchev–Trinajstić information content (AvgIpc) is 2.36. The van der Waals surface area contributed by atoms with Crippen LogP contribution in [0.2, 0.25) is 0 Å². The number of benzene rings is 1. The number of rotatable bonds is 5. The van der Waals surface area contributed by atoms with Gasteiger partial charge in [-0.2, -0.15) is 13.2 Å². The molecule has 0 bridgehead atoms. The minimum absolute atomic E-state index is 0.0131. The molecule has 0 saturated heterocycles. The third-order valence-corrected chi connectivity index (χ3v) is 2.53. The van der Waals surface area contributed by atoms with Crippen molar-refractivity contribution < 1.29 is 22.8 Å². The quantitative estimate of drug-likeness (QED) is 0.744. The van der Waals surface area contributed by atoms with E-state index in [1.54, 1.807) is 0 Å². The zero-order chi connectivity index (χ0) is 15.3. The number of primary amides is 1. The highest BCUT2D eigenvalue weighted by molar-refractivity contribution is 5.83. The first-order valence-corrected chi connectivity index (χ1v) is 5.70. The summed E-state index contributed by atoms with van der Waals surface area (Å²) < 4.78 is 37.6. The van der Waals surface area contributed by atoms with Gasteiger partial charge in [0, 0.05) is 13.0 Å². The maximum Gasteiger partial charge on any atom is 0.416 e.